The second kappa shape index (κ2) is 10.6. The molecule has 160 valence electrons. The monoisotopic (exact) mass is 465 g/mol. The van der Waals surface area contributed by atoms with Crippen LogP contribution >= 0.6 is 34.7 Å². The van der Waals surface area contributed by atoms with Crippen molar-refractivity contribution in [3.63, 3.8) is 0 Å². The van der Waals surface area contributed by atoms with E-state index >= 15 is 0 Å². The minimum Gasteiger partial charge on any atom is -0.302 e. The van der Waals surface area contributed by atoms with Gasteiger partial charge in [0.1, 0.15) is 5.82 Å². The van der Waals surface area contributed by atoms with Gasteiger partial charge in [0.15, 0.2) is 5.13 Å². The van der Waals surface area contributed by atoms with Gasteiger partial charge in [0.05, 0.1) is 16.0 Å². The molecule has 3 aromatic rings. The molecule has 1 aromatic heterocycles. The quantitative estimate of drug-likeness (QED) is 0.370. The Morgan fingerprint density at radius 1 is 1.17 bits per heavy atom. The summed E-state index contributed by atoms with van der Waals surface area (Å²) in [4.78, 5) is 22.8. The van der Waals surface area contributed by atoms with Crippen LogP contribution in [0.2, 0.25) is 5.02 Å². The van der Waals surface area contributed by atoms with Gasteiger partial charge in [-0.25, -0.2) is 9.37 Å². The van der Waals surface area contributed by atoms with Crippen molar-refractivity contribution in [2.45, 2.75) is 25.7 Å². The number of halogens is 2. The Labute approximate surface area is 190 Å². The van der Waals surface area contributed by atoms with Crippen LogP contribution in [0, 0.1) is 12.7 Å². The zero-order valence-corrected chi connectivity index (χ0v) is 19.7. The Morgan fingerprint density at radius 2 is 1.87 bits per heavy atom. The van der Waals surface area contributed by atoms with Crippen LogP contribution in [0.3, 0.4) is 0 Å². The van der Waals surface area contributed by atoms with E-state index in [1.807, 2.05) is 19.1 Å². The van der Waals surface area contributed by atoms with E-state index in [1.54, 1.807) is 17.0 Å². The molecule has 3 rings (SSSR count). The lowest BCUT2D eigenvalue weighted by Gasteiger charge is -2.24. The Balaban J connectivity index is 1.82. The standard InChI is InChI=1S/C22H25ClFN3OS2/c1-4-26(5-2)10-11-27(20(28)14-29-18-8-6-17(24)7-9-18)22-25-21-15(3)12-16(23)13-19(21)30-22/h6-9,12-13H,4-5,10-11,14H2,1-3H3. The summed E-state index contributed by atoms with van der Waals surface area (Å²) in [5.74, 6) is -0.0335. The van der Waals surface area contributed by atoms with E-state index in [0.29, 0.717) is 16.7 Å². The van der Waals surface area contributed by atoms with E-state index in [4.69, 9.17) is 16.6 Å². The second-order valence-electron chi connectivity index (χ2n) is 6.88. The first kappa shape index (κ1) is 23.0. The van der Waals surface area contributed by atoms with Gasteiger partial charge in [-0.1, -0.05) is 36.8 Å². The summed E-state index contributed by atoms with van der Waals surface area (Å²) in [6.45, 7) is 9.40. The number of aryl methyl sites for hydroxylation is 1. The van der Waals surface area contributed by atoms with Crippen molar-refractivity contribution in [2.75, 3.05) is 36.8 Å². The van der Waals surface area contributed by atoms with Gasteiger partial charge in [0.25, 0.3) is 0 Å². The number of hydrogen-bond acceptors (Lipinski definition) is 5. The van der Waals surface area contributed by atoms with Crippen LogP contribution in [0.25, 0.3) is 10.2 Å². The van der Waals surface area contributed by atoms with E-state index in [-0.39, 0.29) is 17.5 Å². The molecule has 0 atom stereocenters. The SMILES string of the molecule is CCN(CC)CCN(C(=O)CSc1ccc(F)cc1)c1nc2c(C)cc(Cl)cc2s1. The van der Waals surface area contributed by atoms with Crippen molar-refractivity contribution in [2.24, 2.45) is 0 Å². The van der Waals surface area contributed by atoms with Gasteiger partial charge in [-0.3, -0.25) is 9.69 Å². The summed E-state index contributed by atoms with van der Waals surface area (Å²) in [6, 6.07) is 9.98. The highest BCUT2D eigenvalue weighted by Crippen LogP contribution is 2.33. The number of likely N-dealkylation sites (N-methyl/N-ethyl adjacent to an activating group) is 1. The van der Waals surface area contributed by atoms with Crippen molar-refractivity contribution in [1.82, 2.24) is 9.88 Å². The highest BCUT2D eigenvalue weighted by Gasteiger charge is 2.21. The summed E-state index contributed by atoms with van der Waals surface area (Å²) < 4.78 is 14.1. The van der Waals surface area contributed by atoms with Gasteiger partial charge in [0, 0.05) is 23.0 Å². The second-order valence-corrected chi connectivity index (χ2v) is 9.38. The fraction of sp³-hybridized carbons (Fsp3) is 0.364. The summed E-state index contributed by atoms with van der Waals surface area (Å²) in [5, 5.41) is 1.36. The average Bonchev–Trinajstić information content (AvgIpc) is 3.14. The van der Waals surface area contributed by atoms with Gasteiger partial charge in [-0.2, -0.15) is 0 Å². The molecular weight excluding hydrogens is 441 g/mol. The smallest absolute Gasteiger partial charge is 0.239 e. The molecule has 0 saturated carbocycles. The average molecular weight is 466 g/mol. The fourth-order valence-electron chi connectivity index (χ4n) is 3.12. The summed E-state index contributed by atoms with van der Waals surface area (Å²) in [5.41, 5.74) is 1.88. The molecule has 0 N–H and O–H groups in total. The lowest BCUT2D eigenvalue weighted by Crippen LogP contribution is -2.39. The number of aromatic nitrogens is 1. The number of nitrogens with zero attached hydrogens (tertiary/aromatic N) is 3. The molecule has 4 nitrogen and oxygen atoms in total. The number of amides is 1. The number of rotatable bonds is 9. The van der Waals surface area contributed by atoms with E-state index in [2.05, 4.69) is 18.7 Å². The van der Waals surface area contributed by atoms with Gasteiger partial charge in [-0.15, -0.1) is 11.8 Å². The third-order valence-corrected chi connectivity index (χ3v) is 7.12. The Bertz CT molecular complexity index is 1010. The first-order chi connectivity index (χ1) is 14.4. The zero-order valence-electron chi connectivity index (χ0n) is 17.3. The number of hydrogen-bond donors (Lipinski definition) is 0. The summed E-state index contributed by atoms with van der Waals surface area (Å²) >= 11 is 9.09. The topological polar surface area (TPSA) is 36.4 Å². The molecule has 8 heteroatoms. The molecule has 30 heavy (non-hydrogen) atoms. The van der Waals surface area contributed by atoms with Gasteiger partial charge in [0.2, 0.25) is 5.91 Å². The Hall–Kier alpha value is -1.67. The molecule has 0 spiro atoms. The molecule has 0 aliphatic rings. The molecule has 0 bridgehead atoms. The molecular formula is C22H25ClFN3OS2. The van der Waals surface area contributed by atoms with Crippen molar-refractivity contribution in [3.05, 3.63) is 52.8 Å². The minimum absolute atomic E-state index is 0.0145. The molecule has 0 radical (unpaired) electrons. The van der Waals surface area contributed by atoms with Crippen LogP contribution in [0.15, 0.2) is 41.3 Å². The first-order valence-corrected chi connectivity index (χ1v) is 12.1. The van der Waals surface area contributed by atoms with Crippen LogP contribution < -0.4 is 4.90 Å². The highest BCUT2D eigenvalue weighted by molar-refractivity contribution is 8.00. The zero-order chi connectivity index (χ0) is 21.7. The number of benzene rings is 2. The van der Waals surface area contributed by atoms with E-state index in [0.717, 1.165) is 40.3 Å². The lowest BCUT2D eigenvalue weighted by molar-refractivity contribution is -0.116. The molecule has 1 heterocycles. The molecule has 1 amide bonds. The Morgan fingerprint density at radius 3 is 2.53 bits per heavy atom. The fourth-order valence-corrected chi connectivity index (χ4v) is 5.36. The maximum atomic E-state index is 13.2. The first-order valence-electron chi connectivity index (χ1n) is 9.89. The molecule has 0 unspecified atom stereocenters. The molecule has 2 aromatic carbocycles. The van der Waals surface area contributed by atoms with Gasteiger partial charge < -0.3 is 4.90 Å². The van der Waals surface area contributed by atoms with Crippen LogP contribution in [0.5, 0.6) is 0 Å². The van der Waals surface area contributed by atoms with Crippen LogP contribution in [-0.4, -0.2) is 47.7 Å². The number of thiazole rings is 1. The van der Waals surface area contributed by atoms with E-state index in [1.165, 1.54) is 35.2 Å². The molecule has 0 aliphatic heterocycles. The number of carbonyl (C=O) groups excluding carboxylic acids is 1. The number of thioether (sulfide) groups is 1. The van der Waals surface area contributed by atoms with Crippen LogP contribution in [0.1, 0.15) is 19.4 Å². The maximum Gasteiger partial charge on any atom is 0.239 e. The van der Waals surface area contributed by atoms with Crippen molar-refractivity contribution < 1.29 is 9.18 Å². The predicted octanol–water partition coefficient (Wildman–Crippen LogP) is 5.86. The van der Waals surface area contributed by atoms with Crippen molar-refractivity contribution in [1.29, 1.82) is 0 Å². The molecule has 0 aliphatic carbocycles. The lowest BCUT2D eigenvalue weighted by atomic mass is 10.2. The summed E-state index contributed by atoms with van der Waals surface area (Å²) in [7, 11) is 0. The summed E-state index contributed by atoms with van der Waals surface area (Å²) in [6.07, 6.45) is 0. The molecule has 0 fully saturated rings. The van der Waals surface area contributed by atoms with Gasteiger partial charge in [-0.05, 0) is 62.0 Å². The van der Waals surface area contributed by atoms with Crippen molar-refractivity contribution >= 4 is 56.0 Å². The van der Waals surface area contributed by atoms with E-state index < -0.39 is 0 Å². The largest absolute Gasteiger partial charge is 0.302 e. The number of carbonyl (C=O) groups is 1. The van der Waals surface area contributed by atoms with Crippen LogP contribution in [-0.2, 0) is 4.79 Å². The third-order valence-electron chi connectivity index (χ3n) is 4.88. The highest BCUT2D eigenvalue weighted by atomic mass is 35.5. The maximum absolute atomic E-state index is 13.2. The number of anilines is 1. The van der Waals surface area contributed by atoms with Gasteiger partial charge >= 0.3 is 0 Å². The third kappa shape index (κ3) is 5.72. The Kier molecular flexibility index (Phi) is 8.11. The minimum atomic E-state index is -0.282. The predicted molar refractivity (Wildman–Crippen MR) is 127 cm³/mol. The van der Waals surface area contributed by atoms with Crippen molar-refractivity contribution in [3.8, 4) is 0 Å². The number of fused-ring (bicyclic) bond motifs is 1. The van der Waals surface area contributed by atoms with E-state index in [9.17, 15) is 9.18 Å². The molecule has 0 saturated heterocycles. The van der Waals surface area contributed by atoms with Crippen LogP contribution in [0.4, 0.5) is 9.52 Å². The normalized spacial score (nSPS) is 11.4.